The lowest BCUT2D eigenvalue weighted by Crippen LogP contribution is -2.29. The number of nitrogens with one attached hydrogen (secondary N) is 2. The quantitative estimate of drug-likeness (QED) is 0.394. The minimum Gasteiger partial charge on any atom is -0.488 e. The molecule has 0 saturated heterocycles. The summed E-state index contributed by atoms with van der Waals surface area (Å²) in [5.41, 5.74) is 5.06. The van der Waals surface area contributed by atoms with Crippen LogP contribution in [0.2, 0.25) is 0 Å². The molecule has 0 unspecified atom stereocenters. The van der Waals surface area contributed by atoms with Gasteiger partial charge in [-0.05, 0) is 38.1 Å². The monoisotopic (exact) mass is 434 g/mol. The number of benzene rings is 1. The number of aryl methyl sites for hydroxylation is 2. The van der Waals surface area contributed by atoms with E-state index < -0.39 is 6.09 Å². The normalized spacial score (nSPS) is 14.9. The van der Waals surface area contributed by atoms with Crippen LogP contribution in [-0.2, 0) is 0 Å². The zero-order chi connectivity index (χ0) is 22.2. The number of imidazole rings is 1. The lowest BCUT2D eigenvalue weighted by Gasteiger charge is -2.28. The molecule has 5 rings (SSSR count). The van der Waals surface area contributed by atoms with E-state index in [0.29, 0.717) is 24.8 Å². The molecule has 1 amide bonds. The standard InChI is InChI=1S/C22H22N6O4/c1-12-18(13(2)32-27-12)14-6-7-16-19-20(14)31-11-17(15-5-3-4-8-23-15)28(19)21(26-16)24-9-10-25-22(29)30/h3-8,17,25H,9-11H2,1-2H3,(H,24,26)(H,29,30)/t17-/m1/s1. The molecule has 0 aliphatic carbocycles. The number of rotatable bonds is 6. The molecule has 10 heteroatoms. The summed E-state index contributed by atoms with van der Waals surface area (Å²) in [6.07, 6.45) is 0.691. The number of hydrogen-bond acceptors (Lipinski definition) is 7. The van der Waals surface area contributed by atoms with Crippen LogP contribution in [0.4, 0.5) is 10.7 Å². The van der Waals surface area contributed by atoms with E-state index in [-0.39, 0.29) is 12.6 Å². The molecule has 0 bridgehead atoms. The van der Waals surface area contributed by atoms with E-state index in [4.69, 9.17) is 19.4 Å². The third-order valence-corrected chi connectivity index (χ3v) is 5.52. The molecule has 0 radical (unpaired) electrons. The maximum absolute atomic E-state index is 10.8. The third kappa shape index (κ3) is 3.29. The molecule has 0 spiro atoms. The highest BCUT2D eigenvalue weighted by molar-refractivity contribution is 5.94. The summed E-state index contributed by atoms with van der Waals surface area (Å²) in [5, 5.41) is 18.5. The number of carboxylic acid groups (broad SMARTS) is 1. The van der Waals surface area contributed by atoms with Crippen molar-refractivity contribution in [3.8, 4) is 16.9 Å². The van der Waals surface area contributed by atoms with Crippen molar-refractivity contribution in [1.29, 1.82) is 0 Å². The van der Waals surface area contributed by atoms with E-state index in [9.17, 15) is 4.79 Å². The smallest absolute Gasteiger partial charge is 0.404 e. The largest absolute Gasteiger partial charge is 0.488 e. The van der Waals surface area contributed by atoms with Crippen molar-refractivity contribution in [3.63, 3.8) is 0 Å². The molecule has 4 aromatic rings. The highest BCUT2D eigenvalue weighted by Crippen LogP contribution is 2.45. The number of aromatic nitrogens is 4. The second-order valence-electron chi connectivity index (χ2n) is 7.55. The fourth-order valence-corrected chi connectivity index (χ4v) is 4.17. The van der Waals surface area contributed by atoms with Gasteiger partial charge in [-0.1, -0.05) is 11.2 Å². The average Bonchev–Trinajstić information content (AvgIpc) is 3.33. The molecular formula is C22H22N6O4. The molecule has 1 atom stereocenters. The Hall–Kier alpha value is -4.08. The van der Waals surface area contributed by atoms with Gasteiger partial charge in [-0.3, -0.25) is 9.55 Å². The van der Waals surface area contributed by atoms with Crippen molar-refractivity contribution < 1.29 is 19.2 Å². The van der Waals surface area contributed by atoms with Gasteiger partial charge in [-0.15, -0.1) is 0 Å². The van der Waals surface area contributed by atoms with E-state index >= 15 is 0 Å². The van der Waals surface area contributed by atoms with E-state index in [0.717, 1.165) is 39.3 Å². The highest BCUT2D eigenvalue weighted by atomic mass is 16.5. The molecule has 1 aromatic carbocycles. The van der Waals surface area contributed by atoms with Crippen molar-refractivity contribution in [2.24, 2.45) is 0 Å². The van der Waals surface area contributed by atoms with Crippen molar-refractivity contribution in [2.45, 2.75) is 19.9 Å². The van der Waals surface area contributed by atoms with Crippen LogP contribution in [0.5, 0.6) is 5.75 Å². The number of nitrogens with zero attached hydrogens (tertiary/aromatic N) is 4. The molecule has 4 heterocycles. The van der Waals surface area contributed by atoms with Crippen LogP contribution in [0, 0.1) is 13.8 Å². The first-order valence-corrected chi connectivity index (χ1v) is 10.3. The molecule has 0 fully saturated rings. The van der Waals surface area contributed by atoms with E-state index in [1.54, 1.807) is 6.20 Å². The molecule has 32 heavy (non-hydrogen) atoms. The molecule has 10 nitrogen and oxygen atoms in total. The van der Waals surface area contributed by atoms with Crippen LogP contribution in [0.1, 0.15) is 23.2 Å². The van der Waals surface area contributed by atoms with Gasteiger partial charge in [0.25, 0.3) is 0 Å². The van der Waals surface area contributed by atoms with Crippen molar-refractivity contribution >= 4 is 23.1 Å². The molecule has 1 aliphatic heterocycles. The van der Waals surface area contributed by atoms with E-state index in [2.05, 4.69) is 25.3 Å². The predicted molar refractivity (Wildman–Crippen MR) is 117 cm³/mol. The Morgan fingerprint density at radius 3 is 2.84 bits per heavy atom. The van der Waals surface area contributed by atoms with Crippen LogP contribution in [0.15, 0.2) is 41.1 Å². The number of amides is 1. The Bertz CT molecular complexity index is 1280. The van der Waals surface area contributed by atoms with Gasteiger partial charge in [0.05, 0.1) is 22.5 Å². The Labute approximate surface area is 183 Å². The van der Waals surface area contributed by atoms with Crippen LogP contribution in [-0.4, -0.2) is 50.6 Å². The minimum absolute atomic E-state index is 0.191. The highest BCUT2D eigenvalue weighted by Gasteiger charge is 2.31. The topological polar surface area (TPSA) is 127 Å². The third-order valence-electron chi connectivity index (χ3n) is 5.52. The van der Waals surface area contributed by atoms with Gasteiger partial charge in [0.1, 0.15) is 23.9 Å². The van der Waals surface area contributed by atoms with Gasteiger partial charge in [-0.25, -0.2) is 9.78 Å². The zero-order valence-corrected chi connectivity index (χ0v) is 17.6. The lowest BCUT2D eigenvalue weighted by atomic mass is 10.0. The first-order valence-electron chi connectivity index (χ1n) is 10.3. The molecular weight excluding hydrogens is 412 g/mol. The maximum Gasteiger partial charge on any atom is 0.404 e. The first kappa shape index (κ1) is 19.9. The summed E-state index contributed by atoms with van der Waals surface area (Å²) in [6.45, 7) is 4.80. The van der Waals surface area contributed by atoms with Gasteiger partial charge >= 0.3 is 6.09 Å². The van der Waals surface area contributed by atoms with Gasteiger partial charge in [-0.2, -0.15) is 0 Å². The summed E-state index contributed by atoms with van der Waals surface area (Å²) in [4.78, 5) is 20.1. The number of carbonyl (C=O) groups is 1. The molecule has 3 N–H and O–H groups in total. The van der Waals surface area contributed by atoms with E-state index in [1.807, 2.05) is 44.2 Å². The molecule has 0 saturated carbocycles. The number of pyridine rings is 1. The molecule has 164 valence electrons. The van der Waals surface area contributed by atoms with Crippen LogP contribution >= 0.6 is 0 Å². The van der Waals surface area contributed by atoms with Gasteiger partial charge < -0.3 is 25.0 Å². The average molecular weight is 434 g/mol. The zero-order valence-electron chi connectivity index (χ0n) is 17.6. The maximum atomic E-state index is 10.8. The molecule has 3 aromatic heterocycles. The van der Waals surface area contributed by atoms with Crippen LogP contribution in [0.25, 0.3) is 22.2 Å². The SMILES string of the molecule is Cc1noc(C)c1-c1ccc2nc(NCCNC(=O)O)n3c2c1OC[C@@H]3c1ccccn1. The van der Waals surface area contributed by atoms with Gasteiger partial charge in [0, 0.05) is 24.8 Å². The van der Waals surface area contributed by atoms with Gasteiger partial charge in [0.15, 0.2) is 5.75 Å². The summed E-state index contributed by atoms with van der Waals surface area (Å²) < 4.78 is 13.8. The Balaban J connectivity index is 1.65. The lowest BCUT2D eigenvalue weighted by molar-refractivity contribution is 0.195. The van der Waals surface area contributed by atoms with Gasteiger partial charge in [0.2, 0.25) is 5.95 Å². The second-order valence-corrected chi connectivity index (χ2v) is 7.55. The number of hydrogen-bond donors (Lipinski definition) is 3. The fourth-order valence-electron chi connectivity index (χ4n) is 4.17. The Kier molecular flexibility index (Phi) is 4.89. The van der Waals surface area contributed by atoms with Crippen molar-refractivity contribution in [2.75, 3.05) is 25.0 Å². The fraction of sp³-hybridized carbons (Fsp3) is 0.273. The molecule has 1 aliphatic rings. The minimum atomic E-state index is -1.06. The summed E-state index contributed by atoms with van der Waals surface area (Å²) >= 11 is 0. The van der Waals surface area contributed by atoms with Crippen LogP contribution in [0.3, 0.4) is 0 Å². The Morgan fingerprint density at radius 1 is 1.25 bits per heavy atom. The summed E-state index contributed by atoms with van der Waals surface area (Å²) in [7, 11) is 0. The first-order chi connectivity index (χ1) is 15.5. The summed E-state index contributed by atoms with van der Waals surface area (Å²) in [5.74, 6) is 2.06. The Morgan fingerprint density at radius 2 is 2.12 bits per heavy atom. The number of anilines is 1. The van der Waals surface area contributed by atoms with Crippen LogP contribution < -0.4 is 15.4 Å². The number of ether oxygens (including phenoxy) is 1. The second kappa shape index (κ2) is 7.88. The van der Waals surface area contributed by atoms with Crippen molar-refractivity contribution in [3.05, 3.63) is 53.7 Å². The van der Waals surface area contributed by atoms with E-state index in [1.165, 1.54) is 0 Å². The van der Waals surface area contributed by atoms with Crippen molar-refractivity contribution in [1.82, 2.24) is 25.0 Å². The predicted octanol–water partition coefficient (Wildman–Crippen LogP) is 3.36. The summed E-state index contributed by atoms with van der Waals surface area (Å²) in [6, 6.07) is 9.49.